The van der Waals surface area contributed by atoms with Crippen LogP contribution in [0.5, 0.6) is 5.75 Å². The van der Waals surface area contributed by atoms with E-state index in [2.05, 4.69) is 0 Å². The summed E-state index contributed by atoms with van der Waals surface area (Å²) in [5.74, 6) is -1.27. The van der Waals surface area contributed by atoms with Gasteiger partial charge in [0.15, 0.2) is 0 Å². The third-order valence-corrected chi connectivity index (χ3v) is 2.92. The van der Waals surface area contributed by atoms with E-state index in [9.17, 15) is 9.18 Å². The standard InChI is InChI=1S/C15H13FO3/c1-9-7-11(8-13(16)14(9)15(17)18)10-3-5-12(19-2)6-4-10/h3-8H,1-2H3,(H,17,18). The highest BCUT2D eigenvalue weighted by Crippen LogP contribution is 2.26. The molecule has 0 radical (unpaired) electrons. The van der Waals surface area contributed by atoms with Gasteiger partial charge in [-0.1, -0.05) is 18.2 Å². The Hall–Kier alpha value is -2.36. The fraction of sp³-hybridized carbons (Fsp3) is 0.133. The first kappa shape index (κ1) is 13.1. The second-order valence-corrected chi connectivity index (χ2v) is 4.18. The summed E-state index contributed by atoms with van der Waals surface area (Å²) in [5.41, 5.74) is 1.57. The molecule has 0 saturated carbocycles. The molecular weight excluding hydrogens is 247 g/mol. The zero-order valence-electron chi connectivity index (χ0n) is 10.6. The minimum absolute atomic E-state index is 0.280. The third-order valence-electron chi connectivity index (χ3n) is 2.92. The summed E-state index contributed by atoms with van der Waals surface area (Å²) in [6, 6.07) is 10.0. The van der Waals surface area contributed by atoms with Gasteiger partial charge >= 0.3 is 5.97 Å². The molecule has 0 aromatic heterocycles. The number of aryl methyl sites for hydroxylation is 1. The van der Waals surface area contributed by atoms with Crippen LogP contribution in [0.2, 0.25) is 0 Å². The first-order valence-electron chi connectivity index (χ1n) is 5.71. The van der Waals surface area contributed by atoms with Crippen molar-refractivity contribution in [3.8, 4) is 16.9 Å². The lowest BCUT2D eigenvalue weighted by Crippen LogP contribution is -2.04. The molecule has 0 fully saturated rings. The van der Waals surface area contributed by atoms with Crippen LogP contribution >= 0.6 is 0 Å². The number of carboxylic acid groups (broad SMARTS) is 1. The minimum atomic E-state index is -1.25. The highest BCUT2D eigenvalue weighted by Gasteiger charge is 2.15. The van der Waals surface area contributed by atoms with Gasteiger partial charge in [0.1, 0.15) is 11.6 Å². The van der Waals surface area contributed by atoms with Crippen LogP contribution in [0.4, 0.5) is 4.39 Å². The number of hydrogen-bond acceptors (Lipinski definition) is 2. The first-order valence-corrected chi connectivity index (χ1v) is 5.71. The molecule has 98 valence electrons. The maximum absolute atomic E-state index is 13.8. The molecule has 0 heterocycles. The molecule has 0 bridgehead atoms. The minimum Gasteiger partial charge on any atom is -0.497 e. The Balaban J connectivity index is 2.48. The maximum atomic E-state index is 13.8. The van der Waals surface area contributed by atoms with Gasteiger partial charge in [0.25, 0.3) is 0 Å². The van der Waals surface area contributed by atoms with Crippen molar-refractivity contribution in [2.75, 3.05) is 7.11 Å². The van der Waals surface area contributed by atoms with E-state index < -0.39 is 11.8 Å². The van der Waals surface area contributed by atoms with E-state index in [-0.39, 0.29) is 5.56 Å². The largest absolute Gasteiger partial charge is 0.497 e. The average molecular weight is 260 g/mol. The summed E-state index contributed by atoms with van der Waals surface area (Å²) in [7, 11) is 1.57. The number of carbonyl (C=O) groups is 1. The molecular formula is C15H13FO3. The molecule has 0 amide bonds. The molecule has 0 atom stereocenters. The Labute approximate surface area is 110 Å². The molecule has 4 heteroatoms. The molecule has 3 nitrogen and oxygen atoms in total. The highest BCUT2D eigenvalue weighted by molar-refractivity contribution is 5.90. The lowest BCUT2D eigenvalue weighted by atomic mass is 9.99. The Morgan fingerprint density at radius 2 is 1.79 bits per heavy atom. The average Bonchev–Trinajstić information content (AvgIpc) is 2.37. The maximum Gasteiger partial charge on any atom is 0.338 e. The summed E-state index contributed by atoms with van der Waals surface area (Å²) in [5, 5.41) is 8.92. The summed E-state index contributed by atoms with van der Waals surface area (Å²) in [4.78, 5) is 10.9. The number of rotatable bonds is 3. The second-order valence-electron chi connectivity index (χ2n) is 4.18. The van der Waals surface area contributed by atoms with Crippen LogP contribution in [0.15, 0.2) is 36.4 Å². The van der Waals surface area contributed by atoms with Gasteiger partial charge in [0, 0.05) is 0 Å². The molecule has 0 aliphatic heterocycles. The third kappa shape index (κ3) is 2.57. The van der Waals surface area contributed by atoms with E-state index in [0.717, 1.165) is 5.56 Å². The zero-order valence-corrected chi connectivity index (χ0v) is 10.6. The quantitative estimate of drug-likeness (QED) is 0.918. The number of methoxy groups -OCH3 is 1. The molecule has 2 aromatic rings. The fourth-order valence-corrected chi connectivity index (χ4v) is 1.97. The number of aromatic carboxylic acids is 1. The van der Waals surface area contributed by atoms with Gasteiger partial charge in [0.2, 0.25) is 0 Å². The SMILES string of the molecule is COc1ccc(-c2cc(C)c(C(=O)O)c(F)c2)cc1. The van der Waals surface area contributed by atoms with Gasteiger partial charge in [-0.05, 0) is 41.8 Å². The van der Waals surface area contributed by atoms with Gasteiger partial charge in [0.05, 0.1) is 12.7 Å². The smallest absolute Gasteiger partial charge is 0.338 e. The van der Waals surface area contributed by atoms with Crippen molar-refractivity contribution in [1.82, 2.24) is 0 Å². The van der Waals surface area contributed by atoms with Crippen molar-refractivity contribution in [2.24, 2.45) is 0 Å². The van der Waals surface area contributed by atoms with Crippen LogP contribution in [-0.4, -0.2) is 18.2 Å². The van der Waals surface area contributed by atoms with E-state index in [1.807, 2.05) is 0 Å². The molecule has 1 N–H and O–H groups in total. The molecule has 0 aliphatic rings. The molecule has 19 heavy (non-hydrogen) atoms. The van der Waals surface area contributed by atoms with Crippen LogP contribution in [0.1, 0.15) is 15.9 Å². The molecule has 2 aromatic carbocycles. The lowest BCUT2D eigenvalue weighted by Gasteiger charge is -2.08. The van der Waals surface area contributed by atoms with Crippen LogP contribution in [0, 0.1) is 12.7 Å². The van der Waals surface area contributed by atoms with Gasteiger partial charge in [-0.2, -0.15) is 0 Å². The summed E-state index contributed by atoms with van der Waals surface area (Å²) in [6.07, 6.45) is 0. The fourth-order valence-electron chi connectivity index (χ4n) is 1.97. The number of hydrogen-bond donors (Lipinski definition) is 1. The van der Waals surface area contributed by atoms with E-state index in [0.29, 0.717) is 16.9 Å². The predicted octanol–water partition coefficient (Wildman–Crippen LogP) is 3.51. The summed E-state index contributed by atoms with van der Waals surface area (Å²) in [6.45, 7) is 1.58. The van der Waals surface area contributed by atoms with E-state index in [1.54, 1.807) is 44.4 Å². The monoisotopic (exact) mass is 260 g/mol. The van der Waals surface area contributed by atoms with Crippen molar-refractivity contribution >= 4 is 5.97 Å². The topological polar surface area (TPSA) is 46.5 Å². The first-order chi connectivity index (χ1) is 9.02. The van der Waals surface area contributed by atoms with Crippen LogP contribution in [0.3, 0.4) is 0 Å². The van der Waals surface area contributed by atoms with Crippen molar-refractivity contribution < 1.29 is 19.0 Å². The Bertz CT molecular complexity index is 595. The van der Waals surface area contributed by atoms with E-state index >= 15 is 0 Å². The molecule has 0 spiro atoms. The molecule has 0 saturated heterocycles. The number of carboxylic acids is 1. The number of ether oxygens (including phenoxy) is 1. The second kappa shape index (κ2) is 5.10. The van der Waals surface area contributed by atoms with Gasteiger partial charge < -0.3 is 9.84 Å². The predicted molar refractivity (Wildman–Crippen MR) is 70.1 cm³/mol. The van der Waals surface area contributed by atoms with Crippen molar-refractivity contribution in [2.45, 2.75) is 6.92 Å². The molecule has 2 rings (SSSR count). The van der Waals surface area contributed by atoms with Crippen molar-refractivity contribution in [3.05, 3.63) is 53.3 Å². The van der Waals surface area contributed by atoms with E-state index in [4.69, 9.17) is 9.84 Å². The van der Waals surface area contributed by atoms with Gasteiger partial charge in [-0.25, -0.2) is 9.18 Å². The summed E-state index contributed by atoms with van der Waals surface area (Å²) >= 11 is 0. The van der Waals surface area contributed by atoms with Crippen molar-refractivity contribution in [3.63, 3.8) is 0 Å². The number of halogens is 1. The Morgan fingerprint density at radius 1 is 1.16 bits per heavy atom. The molecule has 0 unspecified atom stereocenters. The summed E-state index contributed by atoms with van der Waals surface area (Å²) < 4.78 is 18.8. The van der Waals surface area contributed by atoms with Crippen LogP contribution in [-0.2, 0) is 0 Å². The Kier molecular flexibility index (Phi) is 3.51. The normalized spacial score (nSPS) is 10.3. The lowest BCUT2D eigenvalue weighted by molar-refractivity contribution is 0.0691. The number of benzene rings is 2. The van der Waals surface area contributed by atoms with Crippen LogP contribution < -0.4 is 4.74 Å². The van der Waals surface area contributed by atoms with Crippen molar-refractivity contribution in [1.29, 1.82) is 0 Å². The zero-order chi connectivity index (χ0) is 14.0. The van der Waals surface area contributed by atoms with Crippen LogP contribution in [0.25, 0.3) is 11.1 Å². The van der Waals surface area contributed by atoms with E-state index in [1.165, 1.54) is 6.07 Å². The molecule has 0 aliphatic carbocycles. The van der Waals surface area contributed by atoms with Gasteiger partial charge in [-0.3, -0.25) is 0 Å². The van der Waals surface area contributed by atoms with Gasteiger partial charge in [-0.15, -0.1) is 0 Å². The Morgan fingerprint density at radius 3 is 2.26 bits per heavy atom. The highest BCUT2D eigenvalue weighted by atomic mass is 19.1.